The van der Waals surface area contributed by atoms with E-state index in [2.05, 4.69) is 13.8 Å². The van der Waals surface area contributed by atoms with Gasteiger partial charge in [-0.25, -0.2) is 4.79 Å². The standard InChI is InChI=1S/C12H15NO4S/c1-8(2)5-6-18-9-3-4-11(13(16)17)10(7-9)12(14)15/h3-4,7-8H,5-6H2,1-2H3,(H,14,15). The average Bonchev–Trinajstić information content (AvgIpc) is 2.28. The van der Waals surface area contributed by atoms with Crippen LogP contribution in [-0.2, 0) is 0 Å². The van der Waals surface area contributed by atoms with Gasteiger partial charge in [-0.1, -0.05) is 13.8 Å². The minimum atomic E-state index is -1.27. The molecule has 1 aromatic rings. The molecule has 0 radical (unpaired) electrons. The number of benzene rings is 1. The van der Waals surface area contributed by atoms with Crippen LogP contribution in [0.2, 0.25) is 0 Å². The van der Waals surface area contributed by atoms with Crippen LogP contribution in [0.5, 0.6) is 0 Å². The number of carboxylic acid groups (broad SMARTS) is 1. The van der Waals surface area contributed by atoms with Crippen molar-refractivity contribution in [1.82, 2.24) is 0 Å². The molecule has 0 aliphatic heterocycles. The number of rotatable bonds is 6. The van der Waals surface area contributed by atoms with E-state index in [1.807, 2.05) is 0 Å². The lowest BCUT2D eigenvalue weighted by Gasteiger charge is -2.05. The van der Waals surface area contributed by atoms with Gasteiger partial charge in [0.2, 0.25) is 0 Å². The Labute approximate surface area is 109 Å². The SMILES string of the molecule is CC(C)CCSc1ccc([N+](=O)[O-])c(C(=O)O)c1. The highest BCUT2D eigenvalue weighted by Crippen LogP contribution is 2.27. The van der Waals surface area contributed by atoms with Gasteiger partial charge in [0.25, 0.3) is 5.69 Å². The van der Waals surface area contributed by atoms with Gasteiger partial charge in [-0.2, -0.15) is 0 Å². The first-order chi connectivity index (χ1) is 8.41. The number of nitrogens with zero attached hydrogens (tertiary/aromatic N) is 1. The van der Waals surface area contributed by atoms with Crippen LogP contribution in [-0.4, -0.2) is 21.8 Å². The van der Waals surface area contributed by atoms with Gasteiger partial charge in [0.15, 0.2) is 0 Å². The maximum absolute atomic E-state index is 10.9. The lowest BCUT2D eigenvalue weighted by atomic mass is 10.2. The molecule has 1 N–H and O–H groups in total. The third-order valence-electron chi connectivity index (χ3n) is 2.36. The third-order valence-corrected chi connectivity index (χ3v) is 3.39. The van der Waals surface area contributed by atoms with Gasteiger partial charge in [-0.05, 0) is 30.2 Å². The largest absolute Gasteiger partial charge is 0.477 e. The quantitative estimate of drug-likeness (QED) is 0.486. The molecule has 0 amide bonds. The maximum Gasteiger partial charge on any atom is 0.342 e. The van der Waals surface area contributed by atoms with Crippen LogP contribution in [0.1, 0.15) is 30.6 Å². The molecule has 0 atom stereocenters. The van der Waals surface area contributed by atoms with Crippen LogP contribution in [0.3, 0.4) is 0 Å². The van der Waals surface area contributed by atoms with E-state index in [1.165, 1.54) is 23.9 Å². The van der Waals surface area contributed by atoms with Gasteiger partial charge in [-0.15, -0.1) is 11.8 Å². The predicted octanol–water partition coefficient (Wildman–Crippen LogP) is 3.43. The number of hydrogen-bond donors (Lipinski definition) is 1. The number of nitro groups is 1. The second-order valence-corrected chi connectivity index (χ2v) is 5.44. The van der Waals surface area contributed by atoms with Crippen molar-refractivity contribution in [2.75, 3.05) is 5.75 Å². The van der Waals surface area contributed by atoms with Crippen molar-refractivity contribution in [1.29, 1.82) is 0 Å². The summed E-state index contributed by atoms with van der Waals surface area (Å²) < 4.78 is 0. The summed E-state index contributed by atoms with van der Waals surface area (Å²) in [6.07, 6.45) is 1.02. The van der Waals surface area contributed by atoms with Crippen LogP contribution in [0.25, 0.3) is 0 Å². The fourth-order valence-electron chi connectivity index (χ4n) is 1.35. The minimum Gasteiger partial charge on any atom is -0.477 e. The summed E-state index contributed by atoms with van der Waals surface area (Å²) in [7, 11) is 0. The van der Waals surface area contributed by atoms with E-state index < -0.39 is 10.9 Å². The van der Waals surface area contributed by atoms with E-state index in [0.717, 1.165) is 17.1 Å². The van der Waals surface area contributed by atoms with E-state index in [4.69, 9.17) is 5.11 Å². The molecule has 0 aromatic heterocycles. The number of hydrogen-bond acceptors (Lipinski definition) is 4. The number of thioether (sulfide) groups is 1. The summed E-state index contributed by atoms with van der Waals surface area (Å²) in [4.78, 5) is 21.7. The van der Waals surface area contributed by atoms with Crippen LogP contribution >= 0.6 is 11.8 Å². The fraction of sp³-hybridized carbons (Fsp3) is 0.417. The van der Waals surface area contributed by atoms with Gasteiger partial charge in [-0.3, -0.25) is 10.1 Å². The molecular weight excluding hydrogens is 254 g/mol. The monoisotopic (exact) mass is 269 g/mol. The second kappa shape index (κ2) is 6.39. The molecule has 0 heterocycles. The molecule has 0 unspecified atom stereocenters. The Morgan fingerprint density at radius 2 is 2.17 bits per heavy atom. The highest BCUT2D eigenvalue weighted by molar-refractivity contribution is 7.99. The Morgan fingerprint density at radius 1 is 1.50 bits per heavy atom. The minimum absolute atomic E-state index is 0.255. The van der Waals surface area contributed by atoms with Crippen LogP contribution in [0.15, 0.2) is 23.1 Å². The first kappa shape index (κ1) is 14.5. The van der Waals surface area contributed by atoms with E-state index in [0.29, 0.717) is 5.92 Å². The van der Waals surface area contributed by atoms with Gasteiger partial charge in [0, 0.05) is 11.0 Å². The van der Waals surface area contributed by atoms with Gasteiger partial charge >= 0.3 is 5.97 Å². The Bertz CT molecular complexity index is 459. The van der Waals surface area contributed by atoms with Crippen LogP contribution < -0.4 is 0 Å². The molecule has 0 spiro atoms. The molecule has 18 heavy (non-hydrogen) atoms. The normalized spacial score (nSPS) is 10.6. The zero-order valence-electron chi connectivity index (χ0n) is 10.3. The van der Waals surface area contributed by atoms with Crippen molar-refractivity contribution in [3.05, 3.63) is 33.9 Å². The molecule has 0 aliphatic rings. The van der Waals surface area contributed by atoms with Crippen molar-refractivity contribution < 1.29 is 14.8 Å². The lowest BCUT2D eigenvalue weighted by molar-refractivity contribution is -0.385. The van der Waals surface area contributed by atoms with Crippen LogP contribution in [0, 0.1) is 16.0 Å². The summed E-state index contributed by atoms with van der Waals surface area (Å²) >= 11 is 1.51. The number of aromatic carboxylic acids is 1. The van der Waals surface area contributed by atoms with Crippen LogP contribution in [0.4, 0.5) is 5.69 Å². The van der Waals surface area contributed by atoms with Gasteiger partial charge < -0.3 is 5.11 Å². The summed E-state index contributed by atoms with van der Waals surface area (Å²) in [6.45, 7) is 4.22. The highest BCUT2D eigenvalue weighted by Gasteiger charge is 2.19. The molecule has 1 rings (SSSR count). The van der Waals surface area contributed by atoms with Gasteiger partial charge in [0.05, 0.1) is 4.92 Å². The van der Waals surface area contributed by atoms with E-state index >= 15 is 0 Å². The maximum atomic E-state index is 10.9. The van der Waals surface area contributed by atoms with E-state index in [-0.39, 0.29) is 11.3 Å². The highest BCUT2D eigenvalue weighted by atomic mass is 32.2. The second-order valence-electron chi connectivity index (χ2n) is 4.27. The molecule has 1 aromatic carbocycles. The van der Waals surface area contributed by atoms with Crippen molar-refractivity contribution in [2.24, 2.45) is 5.92 Å². The molecular formula is C12H15NO4S. The Hall–Kier alpha value is -1.56. The lowest BCUT2D eigenvalue weighted by Crippen LogP contribution is -2.02. The van der Waals surface area contributed by atoms with Crippen molar-refractivity contribution in [3.8, 4) is 0 Å². The molecule has 0 fully saturated rings. The van der Waals surface area contributed by atoms with E-state index in [1.54, 1.807) is 6.07 Å². The fourth-order valence-corrected chi connectivity index (χ4v) is 2.54. The molecule has 98 valence electrons. The van der Waals surface area contributed by atoms with Gasteiger partial charge in [0.1, 0.15) is 5.56 Å². The Balaban J connectivity index is 2.87. The van der Waals surface area contributed by atoms with Crippen molar-refractivity contribution >= 4 is 23.4 Å². The molecule has 0 saturated carbocycles. The first-order valence-corrected chi connectivity index (χ1v) is 6.55. The summed E-state index contributed by atoms with van der Waals surface area (Å²) in [5.41, 5.74) is -0.620. The summed E-state index contributed by atoms with van der Waals surface area (Å²) in [6, 6.07) is 4.21. The predicted molar refractivity (Wildman–Crippen MR) is 70.2 cm³/mol. The van der Waals surface area contributed by atoms with Crippen molar-refractivity contribution in [2.45, 2.75) is 25.2 Å². The summed E-state index contributed by atoms with van der Waals surface area (Å²) in [5.74, 6) is 0.177. The van der Waals surface area contributed by atoms with Crippen molar-refractivity contribution in [3.63, 3.8) is 0 Å². The third kappa shape index (κ3) is 4.03. The smallest absolute Gasteiger partial charge is 0.342 e. The molecule has 0 bridgehead atoms. The zero-order valence-corrected chi connectivity index (χ0v) is 11.1. The first-order valence-electron chi connectivity index (χ1n) is 5.56. The number of carboxylic acids is 1. The molecule has 6 heteroatoms. The number of nitro benzene ring substituents is 1. The molecule has 0 aliphatic carbocycles. The topological polar surface area (TPSA) is 80.4 Å². The Morgan fingerprint density at radius 3 is 2.67 bits per heavy atom. The van der Waals surface area contributed by atoms with E-state index in [9.17, 15) is 14.9 Å². The average molecular weight is 269 g/mol. The zero-order chi connectivity index (χ0) is 13.7. The molecule has 5 nitrogen and oxygen atoms in total. The molecule has 0 saturated heterocycles. The summed E-state index contributed by atoms with van der Waals surface area (Å²) in [5, 5.41) is 19.6. The number of carbonyl (C=O) groups is 1. The Kier molecular flexibility index (Phi) is 5.15.